The molecule has 4 nitrogen and oxygen atoms in total. The summed E-state index contributed by atoms with van der Waals surface area (Å²) in [5.74, 6) is 0. The number of aryl methyl sites for hydroxylation is 1. The maximum Gasteiger partial charge on any atom is 0.145 e. The van der Waals surface area contributed by atoms with E-state index in [1.807, 2.05) is 24.3 Å². The Balaban J connectivity index is 2.32. The molecule has 0 aliphatic carbocycles. The highest BCUT2D eigenvalue weighted by Gasteiger charge is 2.14. The lowest BCUT2D eigenvalue weighted by Gasteiger charge is -2.00. The van der Waals surface area contributed by atoms with Crippen molar-refractivity contribution in [2.45, 2.75) is 13.5 Å². The lowest BCUT2D eigenvalue weighted by molar-refractivity contribution is 0.787. The third-order valence-corrected chi connectivity index (χ3v) is 3.46. The maximum absolute atomic E-state index is 6.22. The first-order valence-corrected chi connectivity index (χ1v) is 6.43. The molecule has 0 saturated heterocycles. The number of rotatable bonds is 2. The monoisotopic (exact) mass is 272 g/mol. The first kappa shape index (κ1) is 12.0. The van der Waals surface area contributed by atoms with Gasteiger partial charge in [-0.3, -0.25) is 0 Å². The third kappa shape index (κ3) is 1.94. The quantitative estimate of drug-likeness (QED) is 0.575. The lowest BCUT2D eigenvalue weighted by Crippen LogP contribution is -1.93. The number of nitrogen functional groups attached to an aromatic ring is 1. The molecule has 0 bridgehead atoms. The van der Waals surface area contributed by atoms with E-state index in [2.05, 4.69) is 27.7 Å². The Morgan fingerprint density at radius 1 is 1.21 bits per heavy atom. The number of hydrogen-bond donors (Lipinski definition) is 1. The van der Waals surface area contributed by atoms with Gasteiger partial charge in [-0.25, -0.2) is 9.97 Å². The number of benzene rings is 1. The van der Waals surface area contributed by atoms with Gasteiger partial charge in [0.15, 0.2) is 0 Å². The molecule has 0 amide bonds. The van der Waals surface area contributed by atoms with E-state index >= 15 is 0 Å². The number of anilines is 1. The topological polar surface area (TPSA) is 56.7 Å². The van der Waals surface area contributed by atoms with Crippen molar-refractivity contribution >= 4 is 28.3 Å². The van der Waals surface area contributed by atoms with Crippen molar-refractivity contribution in [2.24, 2.45) is 0 Å². The molecular formula is C14H13ClN4. The van der Waals surface area contributed by atoms with Crippen molar-refractivity contribution in [3.05, 3.63) is 41.9 Å². The highest BCUT2D eigenvalue weighted by atomic mass is 35.5. The number of fused-ring (bicyclic) bond motifs is 1. The summed E-state index contributed by atoms with van der Waals surface area (Å²) in [6, 6.07) is 7.71. The van der Waals surface area contributed by atoms with E-state index < -0.39 is 0 Å². The van der Waals surface area contributed by atoms with Gasteiger partial charge in [0.2, 0.25) is 0 Å². The van der Waals surface area contributed by atoms with E-state index in [9.17, 15) is 0 Å². The summed E-state index contributed by atoms with van der Waals surface area (Å²) in [6.07, 6.45) is 3.54. The van der Waals surface area contributed by atoms with Gasteiger partial charge >= 0.3 is 0 Å². The predicted molar refractivity (Wildman–Crippen MR) is 78.1 cm³/mol. The molecule has 0 fully saturated rings. The van der Waals surface area contributed by atoms with E-state index in [4.69, 9.17) is 17.3 Å². The van der Waals surface area contributed by atoms with Gasteiger partial charge in [-0.1, -0.05) is 23.7 Å². The van der Waals surface area contributed by atoms with Gasteiger partial charge in [0.25, 0.3) is 0 Å². The Morgan fingerprint density at radius 3 is 2.63 bits per heavy atom. The summed E-state index contributed by atoms with van der Waals surface area (Å²) in [5, 5.41) is 1.36. The van der Waals surface area contributed by atoms with Crippen molar-refractivity contribution in [1.29, 1.82) is 0 Å². The summed E-state index contributed by atoms with van der Waals surface area (Å²) in [4.78, 5) is 8.39. The molecule has 19 heavy (non-hydrogen) atoms. The fourth-order valence-corrected chi connectivity index (χ4v) is 2.44. The molecule has 0 aliphatic heterocycles. The zero-order valence-corrected chi connectivity index (χ0v) is 11.2. The van der Waals surface area contributed by atoms with Gasteiger partial charge in [0.05, 0.1) is 5.39 Å². The van der Waals surface area contributed by atoms with Gasteiger partial charge < -0.3 is 10.3 Å². The molecule has 3 aromatic rings. The number of nitrogens with zero attached hydrogens (tertiary/aromatic N) is 3. The van der Waals surface area contributed by atoms with Crippen LogP contribution in [-0.4, -0.2) is 14.5 Å². The summed E-state index contributed by atoms with van der Waals surface area (Å²) >= 11 is 6.22. The van der Waals surface area contributed by atoms with Gasteiger partial charge in [0.1, 0.15) is 17.1 Å². The molecule has 0 atom stereocenters. The summed E-state index contributed by atoms with van der Waals surface area (Å²) in [7, 11) is 0. The van der Waals surface area contributed by atoms with Crippen LogP contribution in [0, 0.1) is 0 Å². The first-order valence-electron chi connectivity index (χ1n) is 6.06. The molecule has 3 rings (SSSR count). The zero-order chi connectivity index (χ0) is 13.4. The molecule has 2 N–H and O–H groups in total. The highest BCUT2D eigenvalue weighted by Crippen LogP contribution is 2.33. The summed E-state index contributed by atoms with van der Waals surface area (Å²) in [5.41, 5.74) is 9.41. The fraction of sp³-hybridized carbons (Fsp3) is 0.143. The van der Waals surface area contributed by atoms with Crippen molar-refractivity contribution in [3.8, 4) is 11.1 Å². The van der Waals surface area contributed by atoms with Crippen LogP contribution in [0.2, 0.25) is 5.15 Å². The van der Waals surface area contributed by atoms with E-state index in [0.717, 1.165) is 34.4 Å². The molecule has 5 heteroatoms. The third-order valence-electron chi connectivity index (χ3n) is 3.17. The van der Waals surface area contributed by atoms with Gasteiger partial charge in [-0.05, 0) is 24.6 Å². The van der Waals surface area contributed by atoms with Crippen LogP contribution in [-0.2, 0) is 6.54 Å². The second-order valence-corrected chi connectivity index (χ2v) is 4.67. The molecule has 2 heterocycles. The first-order chi connectivity index (χ1) is 9.20. The minimum Gasteiger partial charge on any atom is -0.399 e. The second-order valence-electron chi connectivity index (χ2n) is 4.31. The summed E-state index contributed by atoms with van der Waals surface area (Å²) < 4.78 is 2.06. The predicted octanol–water partition coefficient (Wildman–Crippen LogP) is 3.35. The maximum atomic E-state index is 6.22. The summed E-state index contributed by atoms with van der Waals surface area (Å²) in [6.45, 7) is 2.90. The van der Waals surface area contributed by atoms with Crippen LogP contribution in [0.5, 0.6) is 0 Å². The molecule has 96 valence electrons. The van der Waals surface area contributed by atoms with Gasteiger partial charge in [-0.15, -0.1) is 0 Å². The number of nitrogens with two attached hydrogens (primary N) is 1. The molecule has 0 spiro atoms. The van der Waals surface area contributed by atoms with Crippen LogP contribution in [0.3, 0.4) is 0 Å². The molecule has 0 saturated carbocycles. The molecule has 0 unspecified atom stereocenters. The Morgan fingerprint density at radius 2 is 1.95 bits per heavy atom. The highest BCUT2D eigenvalue weighted by molar-refractivity contribution is 6.35. The normalized spacial score (nSPS) is 11.1. The number of aromatic nitrogens is 3. The van der Waals surface area contributed by atoms with E-state index in [1.54, 1.807) is 0 Å². The largest absolute Gasteiger partial charge is 0.399 e. The number of halogens is 1. The molecule has 0 aliphatic rings. The Kier molecular flexibility index (Phi) is 2.87. The molecule has 2 aromatic heterocycles. The average molecular weight is 273 g/mol. The van der Waals surface area contributed by atoms with E-state index in [0.29, 0.717) is 5.15 Å². The minimum atomic E-state index is 0.476. The Hall–Kier alpha value is -2.07. The van der Waals surface area contributed by atoms with Crippen molar-refractivity contribution in [3.63, 3.8) is 0 Å². The van der Waals surface area contributed by atoms with Crippen LogP contribution < -0.4 is 5.73 Å². The average Bonchev–Trinajstić information content (AvgIpc) is 2.80. The van der Waals surface area contributed by atoms with Gasteiger partial charge in [-0.2, -0.15) is 0 Å². The van der Waals surface area contributed by atoms with Crippen LogP contribution in [0.25, 0.3) is 22.2 Å². The SMILES string of the molecule is CCn1cc(-c2ccc(N)cc2)c2c(Cl)ncnc21. The van der Waals surface area contributed by atoms with Gasteiger partial charge in [0, 0.05) is 24.0 Å². The van der Waals surface area contributed by atoms with Crippen LogP contribution in [0.1, 0.15) is 6.92 Å². The van der Waals surface area contributed by atoms with E-state index in [-0.39, 0.29) is 0 Å². The zero-order valence-electron chi connectivity index (χ0n) is 10.5. The Labute approximate surface area is 115 Å². The van der Waals surface area contributed by atoms with E-state index in [1.165, 1.54) is 6.33 Å². The van der Waals surface area contributed by atoms with Crippen LogP contribution >= 0.6 is 11.6 Å². The van der Waals surface area contributed by atoms with Crippen LogP contribution in [0.15, 0.2) is 36.8 Å². The lowest BCUT2D eigenvalue weighted by atomic mass is 10.1. The number of hydrogen-bond acceptors (Lipinski definition) is 3. The van der Waals surface area contributed by atoms with Crippen LogP contribution in [0.4, 0.5) is 5.69 Å². The molecular weight excluding hydrogens is 260 g/mol. The minimum absolute atomic E-state index is 0.476. The van der Waals surface area contributed by atoms with Crippen molar-refractivity contribution in [1.82, 2.24) is 14.5 Å². The molecule has 0 radical (unpaired) electrons. The second kappa shape index (κ2) is 4.55. The fourth-order valence-electron chi connectivity index (χ4n) is 2.21. The standard InChI is InChI=1S/C14H13ClN4/c1-2-19-7-11(9-3-5-10(16)6-4-9)12-13(15)17-8-18-14(12)19/h3-8H,2,16H2,1H3. The van der Waals surface area contributed by atoms with Crippen molar-refractivity contribution < 1.29 is 0 Å². The molecule has 1 aromatic carbocycles. The Bertz CT molecular complexity index is 731. The van der Waals surface area contributed by atoms with Crippen molar-refractivity contribution in [2.75, 3.05) is 5.73 Å². The smallest absolute Gasteiger partial charge is 0.145 e.